The largest absolute Gasteiger partial charge is 0.505 e. The molecule has 27 heavy (non-hydrogen) atoms. The highest BCUT2D eigenvalue weighted by Crippen LogP contribution is 2.30. The van der Waals surface area contributed by atoms with Gasteiger partial charge in [-0.3, -0.25) is 24.6 Å². The molecular weight excluding hydrogens is 350 g/mol. The summed E-state index contributed by atoms with van der Waals surface area (Å²) in [7, 11) is 0. The molecule has 0 saturated heterocycles. The van der Waals surface area contributed by atoms with Gasteiger partial charge in [-0.05, 0) is 17.7 Å². The third-order valence-electron chi connectivity index (χ3n) is 3.87. The van der Waals surface area contributed by atoms with E-state index in [-0.39, 0.29) is 22.6 Å². The number of aromatic amines is 2. The van der Waals surface area contributed by atoms with Gasteiger partial charge in [0.05, 0.1) is 11.3 Å². The number of hydrogen-bond donors (Lipinski definition) is 6. The molecule has 0 bridgehead atoms. The van der Waals surface area contributed by atoms with Crippen molar-refractivity contribution >= 4 is 23.0 Å². The van der Waals surface area contributed by atoms with E-state index in [0.717, 1.165) is 5.56 Å². The van der Waals surface area contributed by atoms with E-state index in [4.69, 9.17) is 5.73 Å². The third-order valence-corrected chi connectivity index (χ3v) is 3.87. The number of para-hydroxylation sites is 1. The fraction of sp³-hybridized carbons (Fsp3) is 0.0556. The van der Waals surface area contributed by atoms with E-state index in [9.17, 15) is 19.5 Å². The summed E-state index contributed by atoms with van der Waals surface area (Å²) in [4.78, 5) is 35.8. The number of phenols is 1. The number of H-pyrrole nitrogens is 2. The van der Waals surface area contributed by atoms with Crippen LogP contribution < -0.4 is 27.5 Å². The highest BCUT2D eigenvalue weighted by Gasteiger charge is 2.16. The summed E-state index contributed by atoms with van der Waals surface area (Å²) in [5.41, 5.74) is 4.78. The molecule has 0 radical (unpaired) electrons. The van der Waals surface area contributed by atoms with Crippen molar-refractivity contribution < 1.29 is 9.90 Å². The second kappa shape index (κ2) is 7.48. The Labute approximate surface area is 152 Å². The smallest absolute Gasteiger partial charge is 0.288 e. The number of nitrogens with two attached hydrogens (primary N) is 1. The molecule has 1 heterocycles. The molecule has 2 aromatic carbocycles. The van der Waals surface area contributed by atoms with E-state index in [2.05, 4.69) is 20.8 Å². The van der Waals surface area contributed by atoms with Gasteiger partial charge in [-0.2, -0.15) is 0 Å². The summed E-state index contributed by atoms with van der Waals surface area (Å²) >= 11 is 0. The molecule has 3 aromatic rings. The van der Waals surface area contributed by atoms with E-state index in [1.54, 1.807) is 0 Å². The highest BCUT2D eigenvalue weighted by atomic mass is 16.3. The molecule has 1 amide bonds. The first-order chi connectivity index (χ1) is 13.0. The number of primary amides is 1. The second-order valence-electron chi connectivity index (χ2n) is 5.69. The fourth-order valence-corrected chi connectivity index (χ4v) is 2.52. The van der Waals surface area contributed by atoms with Crippen LogP contribution >= 0.6 is 0 Å². The Morgan fingerprint density at radius 1 is 0.963 bits per heavy atom. The molecule has 9 nitrogen and oxygen atoms in total. The predicted octanol–water partition coefficient (Wildman–Crippen LogP) is 1.22. The predicted molar refractivity (Wildman–Crippen MR) is 101 cm³/mol. The first-order valence-electron chi connectivity index (χ1n) is 7.99. The first kappa shape index (κ1) is 17.8. The number of amides is 1. The second-order valence-corrected chi connectivity index (χ2v) is 5.69. The van der Waals surface area contributed by atoms with Crippen molar-refractivity contribution in [1.82, 2.24) is 10.2 Å². The van der Waals surface area contributed by atoms with Gasteiger partial charge in [-0.25, -0.2) is 0 Å². The Kier molecular flexibility index (Phi) is 4.93. The van der Waals surface area contributed by atoms with Crippen LogP contribution in [0.5, 0.6) is 5.75 Å². The normalized spacial score (nSPS) is 10.4. The fourth-order valence-electron chi connectivity index (χ4n) is 2.52. The maximum Gasteiger partial charge on any atom is 0.288 e. The number of aromatic hydroxyl groups is 1. The third kappa shape index (κ3) is 3.82. The minimum atomic E-state index is -0.821. The van der Waals surface area contributed by atoms with Crippen LogP contribution in [0.3, 0.4) is 0 Å². The van der Waals surface area contributed by atoms with Crippen LogP contribution in [0.15, 0.2) is 58.1 Å². The number of benzene rings is 2. The summed E-state index contributed by atoms with van der Waals surface area (Å²) in [5, 5.41) is 20.3. The van der Waals surface area contributed by atoms with Gasteiger partial charge in [-0.15, -0.1) is 0 Å². The minimum absolute atomic E-state index is 0.00789. The summed E-state index contributed by atoms with van der Waals surface area (Å²) < 4.78 is 0. The first-order valence-corrected chi connectivity index (χ1v) is 7.99. The van der Waals surface area contributed by atoms with Gasteiger partial charge in [0.1, 0.15) is 11.4 Å². The van der Waals surface area contributed by atoms with Crippen LogP contribution in [0, 0.1) is 0 Å². The topological polar surface area (TPSA) is 153 Å². The lowest BCUT2D eigenvalue weighted by Gasteiger charge is -2.14. The maximum absolute atomic E-state index is 12.2. The van der Waals surface area contributed by atoms with E-state index in [1.807, 2.05) is 30.3 Å². The van der Waals surface area contributed by atoms with Crippen molar-refractivity contribution in [1.29, 1.82) is 0 Å². The van der Waals surface area contributed by atoms with Crippen molar-refractivity contribution in [3.8, 4) is 5.75 Å². The van der Waals surface area contributed by atoms with Crippen LogP contribution in [-0.4, -0.2) is 21.2 Å². The molecule has 9 heteroatoms. The van der Waals surface area contributed by atoms with Crippen molar-refractivity contribution in [2.45, 2.75) is 6.54 Å². The summed E-state index contributed by atoms with van der Waals surface area (Å²) in [5.74, 6) is -1.24. The van der Waals surface area contributed by atoms with Gasteiger partial charge in [0, 0.05) is 6.54 Å². The maximum atomic E-state index is 12.2. The van der Waals surface area contributed by atoms with Gasteiger partial charge in [0.25, 0.3) is 17.0 Å². The van der Waals surface area contributed by atoms with Crippen molar-refractivity contribution in [3.63, 3.8) is 0 Å². The average molecular weight is 367 g/mol. The van der Waals surface area contributed by atoms with Crippen LogP contribution in [0.4, 0.5) is 17.1 Å². The van der Waals surface area contributed by atoms with Crippen molar-refractivity contribution in [3.05, 3.63) is 80.4 Å². The van der Waals surface area contributed by atoms with Crippen molar-refractivity contribution in [2.24, 2.45) is 5.73 Å². The summed E-state index contributed by atoms with van der Waals surface area (Å²) in [6.45, 7) is 0.301. The number of aromatic nitrogens is 2. The van der Waals surface area contributed by atoms with Gasteiger partial charge in [0.15, 0.2) is 5.75 Å². The minimum Gasteiger partial charge on any atom is -0.505 e. The molecule has 0 aliphatic heterocycles. The number of hydrogen-bond acceptors (Lipinski definition) is 6. The molecule has 138 valence electrons. The SMILES string of the molecule is NC(=O)c1cccc(Nc2c(NCc3ccccc3)c(=O)[nH][nH]c2=O)c1O. The van der Waals surface area contributed by atoms with Gasteiger partial charge < -0.3 is 21.5 Å². The molecular formula is C18H17N5O4. The Morgan fingerprint density at radius 2 is 1.63 bits per heavy atom. The Bertz CT molecular complexity index is 1090. The summed E-state index contributed by atoms with van der Waals surface area (Å²) in [6, 6.07) is 13.6. The molecule has 0 saturated carbocycles. The van der Waals surface area contributed by atoms with Crippen LogP contribution in [0.2, 0.25) is 0 Å². The van der Waals surface area contributed by atoms with Gasteiger partial charge in [-0.1, -0.05) is 36.4 Å². The number of carbonyl (C=O) groups excluding carboxylic acids is 1. The van der Waals surface area contributed by atoms with Crippen molar-refractivity contribution in [2.75, 3.05) is 10.6 Å². The molecule has 3 rings (SSSR count). The number of anilines is 3. The molecule has 0 unspecified atom stereocenters. The monoisotopic (exact) mass is 367 g/mol. The summed E-state index contributed by atoms with van der Waals surface area (Å²) in [6.07, 6.45) is 0. The Hall–Kier alpha value is -4.01. The molecule has 7 N–H and O–H groups in total. The highest BCUT2D eigenvalue weighted by molar-refractivity contribution is 5.98. The molecule has 1 aromatic heterocycles. The molecule has 0 fully saturated rings. The van der Waals surface area contributed by atoms with E-state index in [1.165, 1.54) is 18.2 Å². The van der Waals surface area contributed by atoms with Crippen LogP contribution in [-0.2, 0) is 6.54 Å². The zero-order valence-electron chi connectivity index (χ0n) is 14.1. The van der Waals surface area contributed by atoms with Crippen LogP contribution in [0.25, 0.3) is 0 Å². The Morgan fingerprint density at radius 3 is 2.30 bits per heavy atom. The van der Waals surface area contributed by atoms with E-state index in [0.29, 0.717) is 6.54 Å². The molecule has 0 spiro atoms. The number of nitrogens with one attached hydrogen (secondary N) is 4. The van der Waals surface area contributed by atoms with Crippen LogP contribution in [0.1, 0.15) is 15.9 Å². The molecule has 0 atom stereocenters. The zero-order valence-corrected chi connectivity index (χ0v) is 14.1. The van der Waals surface area contributed by atoms with Gasteiger partial charge in [0.2, 0.25) is 0 Å². The number of carbonyl (C=O) groups is 1. The number of rotatable bonds is 6. The quantitative estimate of drug-likeness (QED) is 0.360. The zero-order chi connectivity index (χ0) is 19.4. The lowest BCUT2D eigenvalue weighted by atomic mass is 10.1. The molecule has 0 aliphatic rings. The standard InChI is InChI=1S/C18H17N5O4/c19-16(25)11-7-4-8-12(15(11)24)21-14-13(17(26)22-23-18(14)27)20-9-10-5-2-1-3-6-10/h1-8,24H,9H2,(H2,19,25)(H2,20,23,27)(H2,21,22,26). The lowest BCUT2D eigenvalue weighted by Crippen LogP contribution is -2.26. The van der Waals surface area contributed by atoms with Gasteiger partial charge >= 0.3 is 0 Å². The Balaban J connectivity index is 1.97. The van der Waals surface area contributed by atoms with E-state index >= 15 is 0 Å². The van der Waals surface area contributed by atoms with E-state index < -0.39 is 22.8 Å². The average Bonchev–Trinajstić information content (AvgIpc) is 2.66. The lowest BCUT2D eigenvalue weighted by molar-refractivity contribution is 0.0998. The molecule has 0 aliphatic carbocycles.